The zero-order valence-electron chi connectivity index (χ0n) is 11.1. The molecule has 0 aromatic heterocycles. The third-order valence-electron chi connectivity index (χ3n) is 2.34. The fraction of sp³-hybridized carbons (Fsp3) is 0. The lowest BCUT2D eigenvalue weighted by atomic mass is 10.4. The Morgan fingerprint density at radius 3 is 1.55 bits per heavy atom. The molecule has 1 aromatic carbocycles. The number of hydrogen-bond acceptors (Lipinski definition) is 7. The maximum absolute atomic E-state index is 5.87. The average molecular weight is 399 g/mol. The van der Waals surface area contributed by atoms with Crippen LogP contribution >= 0.6 is 0 Å². The molecule has 0 radical (unpaired) electrons. The maximum atomic E-state index is 5.87. The van der Waals surface area contributed by atoms with Crippen molar-refractivity contribution >= 4 is 74.5 Å². The molecule has 1 saturated heterocycles. The van der Waals surface area contributed by atoms with E-state index in [0.717, 1.165) is 5.19 Å². The van der Waals surface area contributed by atoms with Gasteiger partial charge in [0, 0.05) is 0 Å². The van der Waals surface area contributed by atoms with Gasteiger partial charge in [-0.25, -0.2) is 0 Å². The Morgan fingerprint density at radius 2 is 1.05 bits per heavy atom. The van der Waals surface area contributed by atoms with Crippen molar-refractivity contribution < 1.29 is 28.8 Å². The molecular formula is C6H18O7Si7. The molecule has 20 heavy (non-hydrogen) atoms. The standard InChI is InChI=1S/C6H18O7Si7/c1-2-4-6(5-3-1)20-12-18-10-16-8-14-7-15-9-17-11-19-13-20/h1-5,20H,14-19H2. The molecule has 1 aliphatic rings. The van der Waals surface area contributed by atoms with Crippen molar-refractivity contribution in [2.24, 2.45) is 0 Å². The van der Waals surface area contributed by atoms with Crippen LogP contribution in [0.4, 0.5) is 0 Å². The zero-order chi connectivity index (χ0) is 13.9. The van der Waals surface area contributed by atoms with E-state index in [1.54, 1.807) is 0 Å². The van der Waals surface area contributed by atoms with Crippen LogP contribution in [0.3, 0.4) is 0 Å². The van der Waals surface area contributed by atoms with Gasteiger partial charge in [0.05, 0.1) is 0 Å². The van der Waals surface area contributed by atoms with E-state index >= 15 is 0 Å². The summed E-state index contributed by atoms with van der Waals surface area (Å²) in [6, 6.07) is 10.1. The van der Waals surface area contributed by atoms with E-state index in [9.17, 15) is 0 Å². The lowest BCUT2D eigenvalue weighted by molar-refractivity contribution is 0.342. The first kappa shape index (κ1) is 16.8. The van der Waals surface area contributed by atoms with Gasteiger partial charge >= 0.3 is 9.28 Å². The van der Waals surface area contributed by atoms with Crippen molar-refractivity contribution in [3.8, 4) is 0 Å². The highest BCUT2D eigenvalue weighted by Crippen LogP contribution is 1.93. The van der Waals surface area contributed by atoms with Crippen LogP contribution in [-0.2, 0) is 28.8 Å². The van der Waals surface area contributed by atoms with Crippen LogP contribution in [0, 0.1) is 0 Å². The van der Waals surface area contributed by atoms with E-state index in [-0.39, 0.29) is 0 Å². The van der Waals surface area contributed by atoms with Gasteiger partial charge in [0.1, 0.15) is 0 Å². The van der Waals surface area contributed by atoms with Gasteiger partial charge in [-0.3, -0.25) is 0 Å². The highest BCUT2D eigenvalue weighted by atomic mass is 28.4. The molecule has 0 amide bonds. The summed E-state index contributed by atoms with van der Waals surface area (Å²) in [5.74, 6) is 0. The maximum Gasteiger partial charge on any atom is 0.337 e. The van der Waals surface area contributed by atoms with Crippen molar-refractivity contribution in [2.75, 3.05) is 0 Å². The van der Waals surface area contributed by atoms with Crippen LogP contribution in [0.25, 0.3) is 0 Å². The summed E-state index contributed by atoms with van der Waals surface area (Å²) >= 11 is 0. The number of rotatable bonds is 1. The van der Waals surface area contributed by atoms with Crippen molar-refractivity contribution in [2.45, 2.75) is 0 Å². The van der Waals surface area contributed by atoms with Gasteiger partial charge in [0.25, 0.3) is 60.0 Å². The molecule has 0 aliphatic carbocycles. The van der Waals surface area contributed by atoms with Gasteiger partial charge in [0.15, 0.2) is 0 Å². The molecule has 2 rings (SSSR count). The van der Waals surface area contributed by atoms with E-state index in [1.165, 1.54) is 0 Å². The molecule has 14 heteroatoms. The third kappa shape index (κ3) is 6.95. The van der Waals surface area contributed by atoms with Crippen LogP contribution in [-0.4, -0.2) is 69.3 Å². The lowest BCUT2D eigenvalue weighted by Gasteiger charge is -2.18. The summed E-state index contributed by atoms with van der Waals surface area (Å²) in [5, 5.41) is 1.13. The second-order valence-electron chi connectivity index (χ2n) is 3.80. The van der Waals surface area contributed by atoms with Crippen LogP contribution in [0.5, 0.6) is 0 Å². The van der Waals surface area contributed by atoms with Crippen molar-refractivity contribution in [3.63, 3.8) is 0 Å². The molecule has 112 valence electrons. The Labute approximate surface area is 133 Å². The van der Waals surface area contributed by atoms with E-state index < -0.39 is 69.3 Å². The fourth-order valence-electron chi connectivity index (χ4n) is 1.48. The molecule has 1 heterocycles. The minimum absolute atomic E-state index is 0.898. The largest absolute Gasteiger partial charge is 0.425 e. The van der Waals surface area contributed by atoms with Gasteiger partial charge in [-0.05, 0) is 5.19 Å². The van der Waals surface area contributed by atoms with Gasteiger partial charge in [0.2, 0.25) is 0 Å². The van der Waals surface area contributed by atoms with Crippen LogP contribution in [0.2, 0.25) is 0 Å². The Morgan fingerprint density at radius 1 is 0.600 bits per heavy atom. The van der Waals surface area contributed by atoms with Gasteiger partial charge in [-0.1, -0.05) is 30.3 Å². The second-order valence-corrected chi connectivity index (χ2v) is 17.4. The van der Waals surface area contributed by atoms with Gasteiger partial charge in [-0.15, -0.1) is 0 Å². The van der Waals surface area contributed by atoms with Crippen LogP contribution < -0.4 is 5.19 Å². The summed E-state index contributed by atoms with van der Waals surface area (Å²) in [4.78, 5) is 0. The molecule has 0 atom stereocenters. The van der Waals surface area contributed by atoms with Crippen molar-refractivity contribution in [1.82, 2.24) is 0 Å². The summed E-state index contributed by atoms with van der Waals surface area (Å²) in [7, 11) is -7.59. The minimum atomic E-state index is -1.87. The van der Waals surface area contributed by atoms with E-state index in [0.29, 0.717) is 0 Å². The quantitative estimate of drug-likeness (QED) is 0.437. The molecule has 0 bridgehead atoms. The lowest BCUT2D eigenvalue weighted by Crippen LogP contribution is -2.40. The fourth-order valence-corrected chi connectivity index (χ4v) is 15.8. The summed E-state index contributed by atoms with van der Waals surface area (Å²) < 4.78 is 39.0. The first-order chi connectivity index (χ1) is 9.97. The Balaban J connectivity index is 1.84. The molecule has 1 aliphatic heterocycles. The highest BCUT2D eigenvalue weighted by molar-refractivity contribution is 6.69. The molecule has 1 aromatic rings. The first-order valence-corrected chi connectivity index (χ1v) is 14.6. The summed E-state index contributed by atoms with van der Waals surface area (Å²) in [6.45, 7) is 0. The highest BCUT2D eigenvalue weighted by Gasteiger charge is 2.16. The summed E-state index contributed by atoms with van der Waals surface area (Å²) in [6.07, 6.45) is 0. The molecule has 1 fully saturated rings. The van der Waals surface area contributed by atoms with E-state index in [1.807, 2.05) is 30.3 Å². The molecule has 7 nitrogen and oxygen atoms in total. The second kappa shape index (κ2) is 11.1. The predicted octanol–water partition coefficient (Wildman–Crippen LogP) is -5.76. The predicted molar refractivity (Wildman–Crippen MR) is 92.1 cm³/mol. The van der Waals surface area contributed by atoms with Gasteiger partial charge in [-0.2, -0.15) is 0 Å². The van der Waals surface area contributed by atoms with E-state index in [4.69, 9.17) is 28.8 Å². The Kier molecular flexibility index (Phi) is 9.32. The first-order valence-electron chi connectivity index (χ1n) is 6.13. The van der Waals surface area contributed by atoms with Crippen molar-refractivity contribution in [1.29, 1.82) is 0 Å². The zero-order valence-corrected chi connectivity index (χ0v) is 20.7. The monoisotopic (exact) mass is 398 g/mol. The van der Waals surface area contributed by atoms with Crippen molar-refractivity contribution in [3.05, 3.63) is 30.3 Å². The van der Waals surface area contributed by atoms with Crippen LogP contribution in [0.1, 0.15) is 0 Å². The molecule has 0 unspecified atom stereocenters. The Bertz CT molecular complexity index is 345. The summed E-state index contributed by atoms with van der Waals surface area (Å²) in [5.41, 5.74) is 0. The molecule has 0 N–H and O–H groups in total. The SMILES string of the molecule is c1ccc([SiH]2O[SiH2]O[SiH2]O[SiH2]O[SiH2]O[SiH2]O[SiH2]O2)cc1. The molecular weight excluding hydrogens is 381 g/mol. The number of benzene rings is 1. The smallest absolute Gasteiger partial charge is 0.337 e. The average Bonchev–Trinajstić information content (AvgIpc) is 2.50. The van der Waals surface area contributed by atoms with E-state index in [2.05, 4.69) is 0 Å². The molecule has 0 saturated carbocycles. The van der Waals surface area contributed by atoms with Crippen LogP contribution in [0.15, 0.2) is 30.3 Å². The normalized spacial score (nSPS) is 31.1. The number of hydrogen-bond donors (Lipinski definition) is 0. The minimum Gasteiger partial charge on any atom is -0.425 e. The molecule has 0 spiro atoms. The van der Waals surface area contributed by atoms with Gasteiger partial charge < -0.3 is 28.8 Å². The Hall–Kier alpha value is 0.458. The third-order valence-corrected chi connectivity index (χ3v) is 13.5. The topological polar surface area (TPSA) is 64.6 Å².